The van der Waals surface area contributed by atoms with Crippen molar-refractivity contribution in [2.24, 2.45) is 10.2 Å². The quantitative estimate of drug-likeness (QED) is 0.310. The van der Waals surface area contributed by atoms with E-state index in [2.05, 4.69) is 16.8 Å². The minimum atomic E-state index is -0.213. The van der Waals surface area contributed by atoms with Crippen molar-refractivity contribution in [3.05, 3.63) is 96.8 Å². The van der Waals surface area contributed by atoms with Gasteiger partial charge in [-0.25, -0.2) is 0 Å². The van der Waals surface area contributed by atoms with Crippen molar-refractivity contribution < 1.29 is 9.21 Å². The van der Waals surface area contributed by atoms with Crippen LogP contribution in [0.15, 0.2) is 100 Å². The molecule has 1 aliphatic heterocycles. The number of carbonyl (C=O) groups excluding carboxylic acids is 1. The first-order valence-electron chi connectivity index (χ1n) is 9.64. The van der Waals surface area contributed by atoms with Gasteiger partial charge in [-0.05, 0) is 24.1 Å². The highest BCUT2D eigenvalue weighted by molar-refractivity contribution is 8.15. The van der Waals surface area contributed by atoms with Crippen LogP contribution in [0.2, 0.25) is 0 Å². The predicted molar refractivity (Wildman–Crippen MR) is 123 cm³/mol. The van der Waals surface area contributed by atoms with Gasteiger partial charge in [0.25, 0.3) is 0 Å². The van der Waals surface area contributed by atoms with Crippen LogP contribution in [0.5, 0.6) is 0 Å². The number of benzene rings is 2. The number of nitrogens with zero attached hydrogens (tertiary/aromatic N) is 3. The lowest BCUT2D eigenvalue weighted by atomic mass is 10.1. The zero-order valence-corrected chi connectivity index (χ0v) is 17.2. The zero-order chi connectivity index (χ0) is 20.8. The summed E-state index contributed by atoms with van der Waals surface area (Å²) in [7, 11) is 0. The normalized spacial score (nSPS) is 17.9. The van der Waals surface area contributed by atoms with Gasteiger partial charge in [0.15, 0.2) is 5.17 Å². The van der Waals surface area contributed by atoms with E-state index in [4.69, 9.17) is 4.42 Å². The molecule has 1 fully saturated rings. The lowest BCUT2D eigenvalue weighted by Gasteiger charge is -2.12. The highest BCUT2D eigenvalue weighted by Gasteiger charge is 2.37. The van der Waals surface area contributed by atoms with Gasteiger partial charge in [0.1, 0.15) is 11.5 Å². The molecule has 0 unspecified atom stereocenters. The fourth-order valence-electron chi connectivity index (χ4n) is 3.16. The number of rotatable bonds is 7. The van der Waals surface area contributed by atoms with E-state index in [9.17, 15) is 4.79 Å². The first kappa shape index (κ1) is 19.9. The largest absolute Gasteiger partial charge is 0.455 e. The van der Waals surface area contributed by atoms with E-state index in [0.717, 1.165) is 16.9 Å². The molecule has 2 heterocycles. The second-order valence-corrected chi connectivity index (χ2v) is 7.90. The summed E-state index contributed by atoms with van der Waals surface area (Å²) in [6, 6.07) is 23.6. The maximum absolute atomic E-state index is 12.8. The number of amides is 1. The molecule has 0 spiro atoms. The molecule has 0 saturated carbocycles. The van der Waals surface area contributed by atoms with Crippen molar-refractivity contribution in [2.75, 3.05) is 6.54 Å². The Labute approximate surface area is 179 Å². The highest BCUT2D eigenvalue weighted by Crippen LogP contribution is 2.30. The second-order valence-electron chi connectivity index (χ2n) is 6.73. The first-order chi connectivity index (χ1) is 14.7. The summed E-state index contributed by atoms with van der Waals surface area (Å²) in [4.78, 5) is 14.4. The number of carbonyl (C=O) groups is 1. The molecule has 1 aromatic heterocycles. The number of hydrogen-bond donors (Lipinski definition) is 0. The molecule has 4 rings (SSSR count). The van der Waals surface area contributed by atoms with Crippen LogP contribution in [0.3, 0.4) is 0 Å². The van der Waals surface area contributed by atoms with E-state index in [1.165, 1.54) is 11.8 Å². The molecule has 0 bridgehead atoms. The minimum Gasteiger partial charge on any atom is -0.455 e. The van der Waals surface area contributed by atoms with Crippen molar-refractivity contribution in [1.29, 1.82) is 0 Å². The Kier molecular flexibility index (Phi) is 6.25. The van der Waals surface area contributed by atoms with E-state index < -0.39 is 0 Å². The van der Waals surface area contributed by atoms with Crippen LogP contribution in [0, 0.1) is 0 Å². The van der Waals surface area contributed by atoms with Crippen molar-refractivity contribution >= 4 is 29.1 Å². The van der Waals surface area contributed by atoms with Gasteiger partial charge in [-0.1, -0.05) is 78.5 Å². The Morgan fingerprint density at radius 1 is 1.03 bits per heavy atom. The summed E-state index contributed by atoms with van der Waals surface area (Å²) in [6.45, 7) is 4.16. The third kappa shape index (κ3) is 4.60. The Morgan fingerprint density at radius 3 is 2.50 bits per heavy atom. The molecule has 0 radical (unpaired) electrons. The summed E-state index contributed by atoms with van der Waals surface area (Å²) in [5.74, 6) is 1.40. The number of furan rings is 1. The molecule has 30 heavy (non-hydrogen) atoms. The van der Waals surface area contributed by atoms with E-state index in [-0.39, 0.29) is 11.2 Å². The topological polar surface area (TPSA) is 58.2 Å². The van der Waals surface area contributed by atoms with Crippen molar-refractivity contribution in [3.8, 4) is 11.3 Å². The molecule has 6 heteroatoms. The maximum Gasteiger partial charge on any atom is 0.242 e. The average Bonchev–Trinajstić information content (AvgIpc) is 3.36. The van der Waals surface area contributed by atoms with Gasteiger partial charge < -0.3 is 4.42 Å². The van der Waals surface area contributed by atoms with Gasteiger partial charge in [-0.2, -0.15) is 5.10 Å². The summed E-state index contributed by atoms with van der Waals surface area (Å²) in [5.41, 5.74) is 2.12. The lowest BCUT2D eigenvalue weighted by Crippen LogP contribution is -2.32. The predicted octanol–water partition coefficient (Wildman–Crippen LogP) is 5.01. The Bertz CT molecular complexity index is 1070. The molecule has 0 aliphatic carbocycles. The molecule has 150 valence electrons. The van der Waals surface area contributed by atoms with Crippen LogP contribution in [0.1, 0.15) is 11.3 Å². The van der Waals surface area contributed by atoms with Crippen LogP contribution in [-0.4, -0.2) is 34.0 Å². The van der Waals surface area contributed by atoms with Crippen LogP contribution >= 0.6 is 11.8 Å². The summed E-state index contributed by atoms with van der Waals surface area (Å²) in [6.07, 6.45) is 3.90. The van der Waals surface area contributed by atoms with E-state index in [1.54, 1.807) is 17.2 Å². The number of thioether (sulfide) groups is 1. The summed E-state index contributed by atoms with van der Waals surface area (Å²) < 4.78 is 5.81. The van der Waals surface area contributed by atoms with Crippen molar-refractivity contribution in [3.63, 3.8) is 0 Å². The minimum absolute atomic E-state index is 0.0297. The van der Waals surface area contributed by atoms with Crippen LogP contribution < -0.4 is 0 Å². The first-order valence-corrected chi connectivity index (χ1v) is 10.5. The van der Waals surface area contributed by atoms with Crippen molar-refractivity contribution in [2.45, 2.75) is 11.7 Å². The fourth-order valence-corrected chi connectivity index (χ4v) is 4.30. The smallest absolute Gasteiger partial charge is 0.242 e. The maximum atomic E-state index is 12.8. The standard InChI is InChI=1S/C24H21N3O2S/c1-2-15-27-23(28)22(16-18-9-5-3-6-10-18)30-24(27)26-25-17-20-13-14-21(29-20)19-11-7-4-8-12-19/h2-14,17,22H,1,15-16H2/t22-/m1/s1. The number of hydrogen-bond acceptors (Lipinski definition) is 5. The van der Waals surface area contributed by atoms with E-state index >= 15 is 0 Å². The van der Waals surface area contributed by atoms with Crippen LogP contribution in [0.25, 0.3) is 11.3 Å². The van der Waals surface area contributed by atoms with E-state index in [0.29, 0.717) is 23.9 Å². The van der Waals surface area contributed by atoms with Crippen molar-refractivity contribution in [1.82, 2.24) is 4.90 Å². The van der Waals surface area contributed by atoms with Gasteiger partial charge in [-0.15, -0.1) is 11.7 Å². The third-order valence-corrected chi connectivity index (χ3v) is 5.77. The molecular formula is C24H21N3O2S. The Hall–Kier alpha value is -3.38. The van der Waals surface area contributed by atoms with E-state index in [1.807, 2.05) is 72.8 Å². The highest BCUT2D eigenvalue weighted by atomic mass is 32.2. The van der Waals surface area contributed by atoms with Gasteiger partial charge in [0.05, 0.1) is 11.5 Å². The molecule has 1 amide bonds. The van der Waals surface area contributed by atoms with Gasteiger partial charge >= 0.3 is 0 Å². The molecular weight excluding hydrogens is 394 g/mol. The van der Waals surface area contributed by atoms with Gasteiger partial charge in [-0.3, -0.25) is 9.69 Å². The van der Waals surface area contributed by atoms with Gasteiger partial charge in [0, 0.05) is 12.1 Å². The molecule has 2 aromatic carbocycles. The Balaban J connectivity index is 1.48. The summed E-state index contributed by atoms with van der Waals surface area (Å²) in [5, 5.41) is 8.81. The zero-order valence-electron chi connectivity index (χ0n) is 16.3. The monoisotopic (exact) mass is 415 g/mol. The molecule has 1 atom stereocenters. The average molecular weight is 416 g/mol. The molecule has 1 aliphatic rings. The molecule has 1 saturated heterocycles. The third-order valence-electron chi connectivity index (χ3n) is 4.61. The molecule has 3 aromatic rings. The Morgan fingerprint density at radius 2 is 1.77 bits per heavy atom. The SMILES string of the molecule is C=CCN1C(=O)[C@@H](Cc2ccccc2)SC1=NN=Cc1ccc(-c2ccccc2)o1. The lowest BCUT2D eigenvalue weighted by molar-refractivity contribution is -0.125. The molecule has 5 nitrogen and oxygen atoms in total. The summed E-state index contributed by atoms with van der Waals surface area (Å²) >= 11 is 1.43. The van der Waals surface area contributed by atoms with Gasteiger partial charge in [0.2, 0.25) is 5.91 Å². The number of amidine groups is 1. The van der Waals surface area contributed by atoms with Crippen LogP contribution in [-0.2, 0) is 11.2 Å². The second kappa shape index (κ2) is 9.41. The fraction of sp³-hybridized carbons (Fsp3) is 0.125. The molecule has 0 N–H and O–H groups in total. The van der Waals surface area contributed by atoms with Crippen LogP contribution in [0.4, 0.5) is 0 Å².